The van der Waals surface area contributed by atoms with Gasteiger partial charge in [-0.05, 0) is 49.6 Å². The van der Waals surface area contributed by atoms with Gasteiger partial charge in [-0.25, -0.2) is 0 Å². The second kappa shape index (κ2) is 6.20. The van der Waals surface area contributed by atoms with Crippen LogP contribution >= 0.6 is 0 Å². The van der Waals surface area contributed by atoms with Gasteiger partial charge in [-0.1, -0.05) is 25.5 Å². The third kappa shape index (κ3) is 3.59. The van der Waals surface area contributed by atoms with E-state index >= 15 is 0 Å². The van der Waals surface area contributed by atoms with Crippen LogP contribution in [0.25, 0.3) is 0 Å². The molecule has 94 valence electrons. The molecule has 0 aliphatic heterocycles. The minimum absolute atomic E-state index is 1.03. The van der Waals surface area contributed by atoms with E-state index in [0.29, 0.717) is 0 Å². The molecule has 0 bridgehead atoms. The van der Waals surface area contributed by atoms with Gasteiger partial charge < -0.3 is 5.32 Å². The molecular formula is C16H20N2. The molecule has 0 saturated carbocycles. The third-order valence-corrected chi connectivity index (χ3v) is 2.97. The molecular weight excluding hydrogens is 220 g/mol. The molecule has 0 atom stereocenters. The Morgan fingerprint density at radius 2 is 1.72 bits per heavy atom. The molecule has 1 aromatic carbocycles. The van der Waals surface area contributed by atoms with Gasteiger partial charge in [0.05, 0.1) is 11.9 Å². The molecule has 0 radical (unpaired) electrons. The van der Waals surface area contributed by atoms with Crippen LogP contribution in [0, 0.1) is 6.92 Å². The van der Waals surface area contributed by atoms with Gasteiger partial charge in [0.2, 0.25) is 0 Å². The summed E-state index contributed by atoms with van der Waals surface area (Å²) < 4.78 is 0. The van der Waals surface area contributed by atoms with Gasteiger partial charge in [0.15, 0.2) is 0 Å². The maximum Gasteiger partial charge on any atom is 0.0570 e. The van der Waals surface area contributed by atoms with E-state index in [-0.39, 0.29) is 0 Å². The third-order valence-electron chi connectivity index (χ3n) is 2.97. The van der Waals surface area contributed by atoms with Crippen molar-refractivity contribution in [2.45, 2.75) is 33.1 Å². The van der Waals surface area contributed by atoms with Crippen molar-refractivity contribution in [3.8, 4) is 0 Å². The summed E-state index contributed by atoms with van der Waals surface area (Å²) in [6.45, 7) is 4.21. The lowest BCUT2D eigenvalue weighted by Gasteiger charge is -2.07. The van der Waals surface area contributed by atoms with Gasteiger partial charge in [-0.15, -0.1) is 0 Å². The number of pyridine rings is 1. The molecule has 0 aliphatic rings. The van der Waals surface area contributed by atoms with E-state index in [1.807, 2.05) is 25.3 Å². The van der Waals surface area contributed by atoms with Gasteiger partial charge >= 0.3 is 0 Å². The van der Waals surface area contributed by atoms with Crippen molar-refractivity contribution in [3.63, 3.8) is 0 Å². The number of hydrogen-bond acceptors (Lipinski definition) is 2. The first-order chi connectivity index (χ1) is 8.78. The predicted molar refractivity (Wildman–Crippen MR) is 77.3 cm³/mol. The molecule has 1 heterocycles. The lowest BCUT2D eigenvalue weighted by molar-refractivity contribution is 0.795. The molecule has 0 aliphatic carbocycles. The highest BCUT2D eigenvalue weighted by Crippen LogP contribution is 2.17. The Kier molecular flexibility index (Phi) is 4.35. The molecule has 0 saturated heterocycles. The Hall–Kier alpha value is -1.83. The highest BCUT2D eigenvalue weighted by atomic mass is 14.9. The van der Waals surface area contributed by atoms with E-state index in [1.54, 1.807) is 0 Å². The highest BCUT2D eigenvalue weighted by molar-refractivity contribution is 5.58. The molecule has 2 rings (SSSR count). The number of aromatic nitrogens is 1. The number of anilines is 2. The first kappa shape index (κ1) is 12.6. The summed E-state index contributed by atoms with van der Waals surface area (Å²) in [7, 11) is 0. The van der Waals surface area contributed by atoms with Crippen LogP contribution in [0.15, 0.2) is 42.6 Å². The fourth-order valence-electron chi connectivity index (χ4n) is 1.84. The molecule has 0 unspecified atom stereocenters. The fourth-order valence-corrected chi connectivity index (χ4v) is 1.84. The maximum absolute atomic E-state index is 4.27. The lowest BCUT2D eigenvalue weighted by atomic mass is 10.1. The normalized spacial score (nSPS) is 10.3. The topological polar surface area (TPSA) is 24.9 Å². The standard InChI is InChI=1S/C16H20N2/c1-3-4-5-14-7-10-15(11-8-14)18-16-9-6-13(2)17-12-16/h6-12,18H,3-5H2,1-2H3. The van der Waals surface area contributed by atoms with Gasteiger partial charge in [0, 0.05) is 11.4 Å². The second-order valence-electron chi connectivity index (χ2n) is 4.61. The Morgan fingerprint density at radius 3 is 2.33 bits per heavy atom. The number of nitrogens with zero attached hydrogens (tertiary/aromatic N) is 1. The molecule has 2 nitrogen and oxygen atoms in total. The fraction of sp³-hybridized carbons (Fsp3) is 0.312. The zero-order valence-corrected chi connectivity index (χ0v) is 11.1. The molecule has 2 heteroatoms. The monoisotopic (exact) mass is 240 g/mol. The molecule has 0 fully saturated rings. The van der Waals surface area contributed by atoms with E-state index < -0.39 is 0 Å². The quantitative estimate of drug-likeness (QED) is 0.833. The molecule has 0 amide bonds. The summed E-state index contributed by atoms with van der Waals surface area (Å²) in [6, 6.07) is 12.7. The van der Waals surface area contributed by atoms with Crippen molar-refractivity contribution < 1.29 is 0 Å². The van der Waals surface area contributed by atoms with E-state index in [9.17, 15) is 0 Å². The molecule has 2 aromatic rings. The first-order valence-electron chi connectivity index (χ1n) is 6.56. The first-order valence-corrected chi connectivity index (χ1v) is 6.56. The minimum Gasteiger partial charge on any atom is -0.354 e. The average molecular weight is 240 g/mol. The summed E-state index contributed by atoms with van der Waals surface area (Å²) in [6.07, 6.45) is 5.53. The van der Waals surface area contributed by atoms with Gasteiger partial charge in [0.1, 0.15) is 0 Å². The summed E-state index contributed by atoms with van der Waals surface area (Å²) in [5.41, 5.74) is 4.59. The number of benzene rings is 1. The summed E-state index contributed by atoms with van der Waals surface area (Å²) in [5.74, 6) is 0. The Bertz CT molecular complexity index is 471. The smallest absolute Gasteiger partial charge is 0.0570 e. The van der Waals surface area contributed by atoms with E-state index in [1.165, 1.54) is 24.8 Å². The number of aryl methyl sites for hydroxylation is 2. The zero-order chi connectivity index (χ0) is 12.8. The highest BCUT2D eigenvalue weighted by Gasteiger charge is 1.96. The van der Waals surface area contributed by atoms with Crippen LogP contribution < -0.4 is 5.32 Å². The number of nitrogens with one attached hydrogen (secondary N) is 1. The van der Waals surface area contributed by atoms with E-state index in [2.05, 4.69) is 41.5 Å². The zero-order valence-electron chi connectivity index (χ0n) is 11.1. The largest absolute Gasteiger partial charge is 0.354 e. The van der Waals surface area contributed by atoms with Gasteiger partial charge in [-0.2, -0.15) is 0 Å². The van der Waals surface area contributed by atoms with Crippen molar-refractivity contribution in [2.75, 3.05) is 5.32 Å². The molecule has 0 spiro atoms. The Morgan fingerprint density at radius 1 is 1.00 bits per heavy atom. The number of hydrogen-bond donors (Lipinski definition) is 1. The van der Waals surface area contributed by atoms with Crippen LogP contribution in [0.2, 0.25) is 0 Å². The van der Waals surface area contributed by atoms with Crippen LogP contribution in [-0.4, -0.2) is 4.98 Å². The SMILES string of the molecule is CCCCc1ccc(Nc2ccc(C)nc2)cc1. The number of unbranched alkanes of at least 4 members (excludes halogenated alkanes) is 1. The van der Waals surface area contributed by atoms with Crippen LogP contribution in [0.1, 0.15) is 31.0 Å². The lowest BCUT2D eigenvalue weighted by Crippen LogP contribution is -1.92. The van der Waals surface area contributed by atoms with Crippen LogP contribution in [0.5, 0.6) is 0 Å². The average Bonchev–Trinajstić information content (AvgIpc) is 2.41. The summed E-state index contributed by atoms with van der Waals surface area (Å²) in [5, 5.41) is 3.35. The summed E-state index contributed by atoms with van der Waals surface area (Å²) in [4.78, 5) is 4.27. The van der Waals surface area contributed by atoms with Crippen molar-refractivity contribution in [3.05, 3.63) is 53.9 Å². The van der Waals surface area contributed by atoms with Crippen molar-refractivity contribution in [1.82, 2.24) is 4.98 Å². The van der Waals surface area contributed by atoms with Crippen molar-refractivity contribution in [1.29, 1.82) is 0 Å². The molecule has 18 heavy (non-hydrogen) atoms. The van der Waals surface area contributed by atoms with Crippen molar-refractivity contribution >= 4 is 11.4 Å². The van der Waals surface area contributed by atoms with Gasteiger partial charge in [0.25, 0.3) is 0 Å². The van der Waals surface area contributed by atoms with Crippen LogP contribution in [0.3, 0.4) is 0 Å². The van der Waals surface area contributed by atoms with Crippen molar-refractivity contribution in [2.24, 2.45) is 0 Å². The molecule has 1 aromatic heterocycles. The number of rotatable bonds is 5. The van der Waals surface area contributed by atoms with E-state index in [4.69, 9.17) is 0 Å². The van der Waals surface area contributed by atoms with E-state index in [0.717, 1.165) is 17.1 Å². The minimum atomic E-state index is 1.03. The second-order valence-corrected chi connectivity index (χ2v) is 4.61. The predicted octanol–water partition coefficient (Wildman–Crippen LogP) is 4.48. The Labute approximate surface area is 109 Å². The summed E-state index contributed by atoms with van der Waals surface area (Å²) >= 11 is 0. The van der Waals surface area contributed by atoms with Crippen LogP contribution in [0.4, 0.5) is 11.4 Å². The maximum atomic E-state index is 4.27. The Balaban J connectivity index is 1.99. The molecule has 1 N–H and O–H groups in total. The van der Waals surface area contributed by atoms with Crippen LogP contribution in [-0.2, 0) is 6.42 Å². The van der Waals surface area contributed by atoms with Gasteiger partial charge in [-0.3, -0.25) is 4.98 Å².